The molecule has 21 heavy (non-hydrogen) atoms. The number of benzene rings is 1. The van der Waals surface area contributed by atoms with E-state index in [1.54, 1.807) is 0 Å². The van der Waals surface area contributed by atoms with Crippen LogP contribution >= 0.6 is 0 Å². The van der Waals surface area contributed by atoms with Crippen LogP contribution in [0.1, 0.15) is 43.8 Å². The topological polar surface area (TPSA) is 57.0 Å². The van der Waals surface area contributed by atoms with Crippen molar-refractivity contribution in [1.82, 2.24) is 9.78 Å². The molecule has 0 saturated heterocycles. The lowest BCUT2D eigenvalue weighted by molar-refractivity contribution is 0.463. The SMILES string of the molecule is CCC(C)n1ccc(CC(N)c2cc3ccccc3o2)n1. The molecule has 0 saturated carbocycles. The molecule has 4 nitrogen and oxygen atoms in total. The van der Waals surface area contributed by atoms with E-state index in [2.05, 4.69) is 18.9 Å². The Labute approximate surface area is 124 Å². The predicted molar refractivity (Wildman–Crippen MR) is 84.1 cm³/mol. The van der Waals surface area contributed by atoms with Crippen LogP contribution in [0.2, 0.25) is 0 Å². The number of rotatable bonds is 5. The van der Waals surface area contributed by atoms with Crippen molar-refractivity contribution in [2.45, 2.75) is 38.8 Å². The highest BCUT2D eigenvalue weighted by atomic mass is 16.3. The molecule has 3 aromatic rings. The van der Waals surface area contributed by atoms with Crippen molar-refractivity contribution in [3.05, 3.63) is 54.0 Å². The Morgan fingerprint density at radius 2 is 2.10 bits per heavy atom. The molecule has 2 N–H and O–H groups in total. The van der Waals surface area contributed by atoms with Gasteiger partial charge in [0.15, 0.2) is 0 Å². The maximum atomic E-state index is 6.27. The maximum Gasteiger partial charge on any atom is 0.134 e. The van der Waals surface area contributed by atoms with Gasteiger partial charge in [0.25, 0.3) is 0 Å². The minimum absolute atomic E-state index is 0.169. The molecule has 3 rings (SSSR count). The van der Waals surface area contributed by atoms with E-state index in [1.807, 2.05) is 47.3 Å². The van der Waals surface area contributed by atoms with Crippen molar-refractivity contribution in [1.29, 1.82) is 0 Å². The first-order chi connectivity index (χ1) is 10.2. The molecule has 0 fully saturated rings. The van der Waals surface area contributed by atoms with Gasteiger partial charge in [-0.05, 0) is 31.5 Å². The van der Waals surface area contributed by atoms with Crippen LogP contribution in [-0.4, -0.2) is 9.78 Å². The molecular weight excluding hydrogens is 262 g/mol. The van der Waals surface area contributed by atoms with E-state index in [0.29, 0.717) is 12.5 Å². The van der Waals surface area contributed by atoms with E-state index in [1.165, 1.54) is 0 Å². The largest absolute Gasteiger partial charge is 0.459 e. The standard InChI is InChI=1S/C17H21N3O/c1-3-12(2)20-9-8-14(19-20)11-15(18)17-10-13-6-4-5-7-16(13)21-17/h4-10,12,15H,3,11,18H2,1-2H3. The summed E-state index contributed by atoms with van der Waals surface area (Å²) < 4.78 is 7.82. The average Bonchev–Trinajstić information content (AvgIpc) is 3.12. The molecule has 0 aliphatic carbocycles. The number of para-hydroxylation sites is 1. The summed E-state index contributed by atoms with van der Waals surface area (Å²) in [6.45, 7) is 4.32. The monoisotopic (exact) mass is 283 g/mol. The Kier molecular flexibility index (Phi) is 3.80. The maximum absolute atomic E-state index is 6.27. The molecule has 0 radical (unpaired) electrons. The van der Waals surface area contributed by atoms with E-state index >= 15 is 0 Å². The fraction of sp³-hybridized carbons (Fsp3) is 0.353. The summed E-state index contributed by atoms with van der Waals surface area (Å²) in [6, 6.07) is 12.3. The lowest BCUT2D eigenvalue weighted by Crippen LogP contribution is -2.13. The second-order valence-corrected chi connectivity index (χ2v) is 5.54. The molecule has 4 heteroatoms. The van der Waals surface area contributed by atoms with Crippen LogP contribution < -0.4 is 5.73 Å². The summed E-state index contributed by atoms with van der Waals surface area (Å²) in [5.41, 5.74) is 8.15. The summed E-state index contributed by atoms with van der Waals surface area (Å²) in [4.78, 5) is 0. The van der Waals surface area contributed by atoms with Crippen molar-refractivity contribution in [2.24, 2.45) is 5.73 Å². The highest BCUT2D eigenvalue weighted by Crippen LogP contribution is 2.24. The Hall–Kier alpha value is -2.07. The number of fused-ring (bicyclic) bond motifs is 1. The molecule has 0 bridgehead atoms. The van der Waals surface area contributed by atoms with Gasteiger partial charge in [0, 0.05) is 24.0 Å². The summed E-state index contributed by atoms with van der Waals surface area (Å²) in [5.74, 6) is 0.814. The first-order valence-corrected chi connectivity index (χ1v) is 7.45. The summed E-state index contributed by atoms with van der Waals surface area (Å²) in [7, 11) is 0. The molecule has 2 unspecified atom stereocenters. The van der Waals surface area contributed by atoms with Crippen molar-refractivity contribution in [3.8, 4) is 0 Å². The molecule has 2 atom stereocenters. The molecule has 0 amide bonds. The summed E-state index contributed by atoms with van der Waals surface area (Å²) in [5, 5.41) is 5.69. The van der Waals surface area contributed by atoms with Crippen LogP contribution in [0.3, 0.4) is 0 Å². The van der Waals surface area contributed by atoms with Gasteiger partial charge in [0.2, 0.25) is 0 Å². The Morgan fingerprint density at radius 1 is 1.29 bits per heavy atom. The van der Waals surface area contributed by atoms with E-state index in [9.17, 15) is 0 Å². The molecular formula is C17H21N3O. The molecule has 1 aromatic carbocycles. The minimum atomic E-state index is -0.169. The predicted octanol–water partition coefficient (Wildman–Crippen LogP) is 3.84. The summed E-state index contributed by atoms with van der Waals surface area (Å²) >= 11 is 0. The summed E-state index contributed by atoms with van der Waals surface area (Å²) in [6.07, 6.45) is 3.77. The normalized spacial score (nSPS) is 14.4. The van der Waals surface area contributed by atoms with Crippen LogP contribution in [0.25, 0.3) is 11.0 Å². The van der Waals surface area contributed by atoms with Gasteiger partial charge in [0.05, 0.1) is 11.7 Å². The fourth-order valence-corrected chi connectivity index (χ4v) is 2.43. The molecule has 0 spiro atoms. The van der Waals surface area contributed by atoms with Gasteiger partial charge in [-0.25, -0.2) is 0 Å². The van der Waals surface area contributed by atoms with Gasteiger partial charge >= 0.3 is 0 Å². The minimum Gasteiger partial charge on any atom is -0.459 e. The quantitative estimate of drug-likeness (QED) is 0.774. The Bertz CT molecular complexity index is 695. The third kappa shape index (κ3) is 2.85. The lowest BCUT2D eigenvalue weighted by Gasteiger charge is -2.09. The van der Waals surface area contributed by atoms with Crippen LogP contribution in [0.15, 0.2) is 47.0 Å². The highest BCUT2D eigenvalue weighted by molar-refractivity contribution is 5.77. The third-order valence-corrected chi connectivity index (χ3v) is 3.95. The second kappa shape index (κ2) is 5.74. The molecule has 2 aromatic heterocycles. The Balaban J connectivity index is 1.76. The van der Waals surface area contributed by atoms with E-state index in [0.717, 1.165) is 28.8 Å². The average molecular weight is 283 g/mol. The van der Waals surface area contributed by atoms with Crippen molar-refractivity contribution < 1.29 is 4.42 Å². The molecule has 110 valence electrons. The van der Waals surface area contributed by atoms with Gasteiger partial charge in [0.1, 0.15) is 11.3 Å². The van der Waals surface area contributed by atoms with Crippen molar-refractivity contribution in [2.75, 3.05) is 0 Å². The highest BCUT2D eigenvalue weighted by Gasteiger charge is 2.14. The second-order valence-electron chi connectivity index (χ2n) is 5.54. The number of hydrogen-bond donors (Lipinski definition) is 1. The van der Waals surface area contributed by atoms with Crippen molar-refractivity contribution in [3.63, 3.8) is 0 Å². The molecule has 0 aliphatic heterocycles. The zero-order chi connectivity index (χ0) is 14.8. The van der Waals surface area contributed by atoms with Gasteiger partial charge in [-0.1, -0.05) is 25.1 Å². The fourth-order valence-electron chi connectivity index (χ4n) is 2.43. The number of aromatic nitrogens is 2. The van der Waals surface area contributed by atoms with Crippen LogP contribution in [0.4, 0.5) is 0 Å². The van der Waals surface area contributed by atoms with E-state index < -0.39 is 0 Å². The smallest absolute Gasteiger partial charge is 0.134 e. The number of furan rings is 1. The first kappa shape index (κ1) is 13.9. The van der Waals surface area contributed by atoms with Gasteiger partial charge < -0.3 is 10.2 Å². The van der Waals surface area contributed by atoms with E-state index in [-0.39, 0.29) is 6.04 Å². The van der Waals surface area contributed by atoms with Gasteiger partial charge in [-0.2, -0.15) is 5.10 Å². The zero-order valence-corrected chi connectivity index (χ0v) is 12.5. The van der Waals surface area contributed by atoms with Crippen LogP contribution in [0.5, 0.6) is 0 Å². The van der Waals surface area contributed by atoms with E-state index in [4.69, 9.17) is 10.2 Å². The third-order valence-electron chi connectivity index (χ3n) is 3.95. The zero-order valence-electron chi connectivity index (χ0n) is 12.5. The van der Waals surface area contributed by atoms with Crippen LogP contribution in [0, 0.1) is 0 Å². The Morgan fingerprint density at radius 3 is 2.86 bits per heavy atom. The number of hydrogen-bond acceptors (Lipinski definition) is 3. The molecule has 2 heterocycles. The number of nitrogens with two attached hydrogens (primary N) is 1. The van der Waals surface area contributed by atoms with Gasteiger partial charge in [-0.15, -0.1) is 0 Å². The van der Waals surface area contributed by atoms with Crippen molar-refractivity contribution >= 4 is 11.0 Å². The van der Waals surface area contributed by atoms with Gasteiger partial charge in [-0.3, -0.25) is 4.68 Å². The first-order valence-electron chi connectivity index (χ1n) is 7.45. The van der Waals surface area contributed by atoms with Crippen LogP contribution in [-0.2, 0) is 6.42 Å². The molecule has 0 aliphatic rings. The number of nitrogens with zero attached hydrogens (tertiary/aromatic N) is 2. The lowest BCUT2D eigenvalue weighted by atomic mass is 10.1.